The van der Waals surface area contributed by atoms with Crippen molar-refractivity contribution in [1.29, 1.82) is 0 Å². The monoisotopic (exact) mass is 400 g/mol. The van der Waals surface area contributed by atoms with Gasteiger partial charge in [0.25, 0.3) is 5.91 Å². The summed E-state index contributed by atoms with van der Waals surface area (Å²) < 4.78 is 5.87. The van der Waals surface area contributed by atoms with E-state index < -0.39 is 0 Å². The third kappa shape index (κ3) is 5.49. The van der Waals surface area contributed by atoms with Gasteiger partial charge < -0.3 is 10.1 Å². The molecule has 1 aliphatic rings. The van der Waals surface area contributed by atoms with Crippen LogP contribution in [0.15, 0.2) is 84.9 Å². The molecule has 1 amide bonds. The first-order chi connectivity index (χ1) is 14.8. The van der Waals surface area contributed by atoms with Gasteiger partial charge in [0.15, 0.2) is 6.61 Å². The van der Waals surface area contributed by atoms with Crippen LogP contribution in [0.5, 0.6) is 5.75 Å². The molecule has 1 fully saturated rings. The number of nitrogens with zero attached hydrogens (tertiary/aromatic N) is 1. The molecule has 4 rings (SSSR count). The largest absolute Gasteiger partial charge is 0.483 e. The summed E-state index contributed by atoms with van der Waals surface area (Å²) >= 11 is 0. The number of carbonyl (C=O) groups excluding carboxylic acids is 1. The molecule has 3 aromatic rings. The number of ether oxygens (including phenoxy) is 1. The molecule has 0 bridgehead atoms. The molecule has 0 unspecified atom stereocenters. The molecule has 0 atom stereocenters. The number of hydrogen-bond acceptors (Lipinski definition) is 3. The van der Waals surface area contributed by atoms with E-state index >= 15 is 0 Å². The van der Waals surface area contributed by atoms with Crippen LogP contribution in [-0.4, -0.2) is 36.5 Å². The number of amides is 1. The minimum Gasteiger partial charge on any atom is -0.483 e. The van der Waals surface area contributed by atoms with Crippen LogP contribution in [0.1, 0.15) is 18.4 Å². The third-order valence-electron chi connectivity index (χ3n) is 5.53. The van der Waals surface area contributed by atoms with Crippen molar-refractivity contribution in [3.05, 3.63) is 90.5 Å². The Hall–Kier alpha value is -3.11. The Morgan fingerprint density at radius 2 is 1.50 bits per heavy atom. The zero-order valence-corrected chi connectivity index (χ0v) is 17.2. The number of piperidine rings is 1. The van der Waals surface area contributed by atoms with Gasteiger partial charge >= 0.3 is 0 Å². The highest BCUT2D eigenvalue weighted by Gasteiger charge is 2.21. The third-order valence-corrected chi connectivity index (χ3v) is 5.53. The van der Waals surface area contributed by atoms with Gasteiger partial charge in [0.1, 0.15) is 5.75 Å². The Morgan fingerprint density at radius 1 is 0.867 bits per heavy atom. The van der Waals surface area contributed by atoms with Crippen molar-refractivity contribution in [3.8, 4) is 16.9 Å². The lowest BCUT2D eigenvalue weighted by molar-refractivity contribution is -0.124. The second kappa shape index (κ2) is 10.1. The zero-order valence-electron chi connectivity index (χ0n) is 17.2. The zero-order chi connectivity index (χ0) is 20.6. The first-order valence-corrected chi connectivity index (χ1v) is 10.6. The van der Waals surface area contributed by atoms with Gasteiger partial charge in [-0.3, -0.25) is 9.69 Å². The standard InChI is InChI=1S/C26H28N2O2/c29-26(20-30-25-14-8-7-13-24(25)22-11-5-2-6-12-22)27-23-15-17-28(18-16-23)19-21-9-3-1-4-10-21/h1-14,23H,15-20H2,(H,27,29). The van der Waals surface area contributed by atoms with Gasteiger partial charge in [0.2, 0.25) is 0 Å². The second-order valence-electron chi connectivity index (χ2n) is 7.75. The highest BCUT2D eigenvalue weighted by Crippen LogP contribution is 2.29. The van der Waals surface area contributed by atoms with E-state index in [2.05, 4.69) is 34.5 Å². The highest BCUT2D eigenvalue weighted by molar-refractivity contribution is 5.78. The summed E-state index contributed by atoms with van der Waals surface area (Å²) in [7, 11) is 0. The maximum atomic E-state index is 12.5. The molecule has 0 aromatic heterocycles. The fraction of sp³-hybridized carbons (Fsp3) is 0.269. The van der Waals surface area contributed by atoms with Crippen molar-refractivity contribution < 1.29 is 9.53 Å². The van der Waals surface area contributed by atoms with Gasteiger partial charge in [-0.05, 0) is 30.0 Å². The molecule has 154 valence electrons. The van der Waals surface area contributed by atoms with Crippen molar-refractivity contribution in [2.75, 3.05) is 19.7 Å². The molecule has 4 heteroatoms. The van der Waals surface area contributed by atoms with Crippen LogP contribution in [-0.2, 0) is 11.3 Å². The van der Waals surface area contributed by atoms with Crippen LogP contribution in [0, 0.1) is 0 Å². The molecule has 1 heterocycles. The van der Waals surface area contributed by atoms with Gasteiger partial charge in [0.05, 0.1) is 0 Å². The summed E-state index contributed by atoms with van der Waals surface area (Å²) in [6.07, 6.45) is 1.94. The first-order valence-electron chi connectivity index (χ1n) is 10.6. The van der Waals surface area contributed by atoms with Gasteiger partial charge in [-0.15, -0.1) is 0 Å². The quantitative estimate of drug-likeness (QED) is 0.634. The average molecular weight is 401 g/mol. The minimum atomic E-state index is -0.0561. The van der Waals surface area contributed by atoms with E-state index in [1.807, 2.05) is 60.7 Å². The molecule has 1 aliphatic heterocycles. The SMILES string of the molecule is O=C(COc1ccccc1-c1ccccc1)NC1CCN(Cc2ccccc2)CC1. The van der Waals surface area contributed by atoms with E-state index in [0.717, 1.165) is 49.4 Å². The van der Waals surface area contributed by atoms with Crippen molar-refractivity contribution in [1.82, 2.24) is 10.2 Å². The molecule has 3 aromatic carbocycles. The number of benzene rings is 3. The lowest BCUT2D eigenvalue weighted by Gasteiger charge is -2.32. The Bertz CT molecular complexity index is 936. The summed E-state index contributed by atoms with van der Waals surface area (Å²) in [5.74, 6) is 0.677. The van der Waals surface area contributed by atoms with Gasteiger partial charge in [-0.2, -0.15) is 0 Å². The van der Waals surface area contributed by atoms with Crippen molar-refractivity contribution in [2.24, 2.45) is 0 Å². The predicted octanol–water partition coefficient (Wildman–Crippen LogP) is 4.51. The van der Waals surface area contributed by atoms with E-state index in [4.69, 9.17) is 4.74 Å². The number of nitrogens with one attached hydrogen (secondary N) is 1. The Balaban J connectivity index is 1.25. The second-order valence-corrected chi connectivity index (χ2v) is 7.75. The minimum absolute atomic E-state index is 0.0358. The van der Waals surface area contributed by atoms with Crippen molar-refractivity contribution in [2.45, 2.75) is 25.4 Å². The molecule has 0 spiro atoms. The van der Waals surface area contributed by atoms with Crippen molar-refractivity contribution >= 4 is 5.91 Å². The molecular weight excluding hydrogens is 372 g/mol. The Morgan fingerprint density at radius 3 is 2.23 bits per heavy atom. The summed E-state index contributed by atoms with van der Waals surface area (Å²) in [5.41, 5.74) is 3.42. The van der Waals surface area contributed by atoms with Crippen LogP contribution < -0.4 is 10.1 Å². The lowest BCUT2D eigenvalue weighted by Crippen LogP contribution is -2.45. The average Bonchev–Trinajstić information content (AvgIpc) is 2.80. The normalized spacial score (nSPS) is 14.9. The van der Waals surface area contributed by atoms with Crippen molar-refractivity contribution in [3.63, 3.8) is 0 Å². The number of rotatable bonds is 7. The summed E-state index contributed by atoms with van der Waals surface area (Å²) in [4.78, 5) is 14.9. The van der Waals surface area contributed by atoms with E-state index in [1.165, 1.54) is 5.56 Å². The van der Waals surface area contributed by atoms with Crippen LogP contribution >= 0.6 is 0 Å². The fourth-order valence-electron chi connectivity index (χ4n) is 3.94. The molecule has 4 nitrogen and oxygen atoms in total. The Labute approximate surface area is 178 Å². The van der Waals surface area contributed by atoms with E-state index in [-0.39, 0.29) is 18.6 Å². The van der Waals surface area contributed by atoms with Crippen LogP contribution in [0.25, 0.3) is 11.1 Å². The lowest BCUT2D eigenvalue weighted by atomic mass is 10.0. The maximum Gasteiger partial charge on any atom is 0.258 e. The first kappa shape index (κ1) is 20.2. The topological polar surface area (TPSA) is 41.6 Å². The predicted molar refractivity (Wildman–Crippen MR) is 120 cm³/mol. The van der Waals surface area contributed by atoms with Gasteiger partial charge in [-0.1, -0.05) is 78.9 Å². The molecule has 0 saturated carbocycles. The highest BCUT2D eigenvalue weighted by atomic mass is 16.5. The molecule has 0 radical (unpaired) electrons. The van der Waals surface area contributed by atoms with E-state index in [9.17, 15) is 4.79 Å². The van der Waals surface area contributed by atoms with Crippen LogP contribution in [0.3, 0.4) is 0 Å². The van der Waals surface area contributed by atoms with Crippen LogP contribution in [0.2, 0.25) is 0 Å². The smallest absolute Gasteiger partial charge is 0.258 e. The van der Waals surface area contributed by atoms with Crippen LogP contribution in [0.4, 0.5) is 0 Å². The Kier molecular flexibility index (Phi) is 6.78. The molecule has 1 saturated heterocycles. The van der Waals surface area contributed by atoms with E-state index in [1.54, 1.807) is 0 Å². The molecular formula is C26H28N2O2. The number of hydrogen-bond donors (Lipinski definition) is 1. The number of carbonyl (C=O) groups is 1. The van der Waals surface area contributed by atoms with Gasteiger partial charge in [0, 0.05) is 31.2 Å². The number of likely N-dealkylation sites (tertiary alicyclic amines) is 1. The summed E-state index contributed by atoms with van der Waals surface area (Å²) in [6, 6.07) is 28.7. The molecule has 0 aliphatic carbocycles. The molecule has 1 N–H and O–H groups in total. The molecule has 30 heavy (non-hydrogen) atoms. The van der Waals surface area contributed by atoms with E-state index in [0.29, 0.717) is 0 Å². The number of para-hydroxylation sites is 1. The summed E-state index contributed by atoms with van der Waals surface area (Å²) in [5, 5.41) is 3.14. The fourth-order valence-corrected chi connectivity index (χ4v) is 3.94. The summed E-state index contributed by atoms with van der Waals surface area (Å²) in [6.45, 7) is 3.00. The maximum absolute atomic E-state index is 12.5. The van der Waals surface area contributed by atoms with Gasteiger partial charge in [-0.25, -0.2) is 0 Å².